The van der Waals surface area contributed by atoms with Crippen molar-refractivity contribution in [3.8, 4) is 5.75 Å². The van der Waals surface area contributed by atoms with E-state index in [2.05, 4.69) is 5.32 Å². The number of rotatable bonds is 6. The maximum atomic E-state index is 13.8. The number of halogens is 1. The van der Waals surface area contributed by atoms with Crippen molar-refractivity contribution in [1.82, 2.24) is 5.32 Å². The molecule has 96 valence electrons. The summed E-state index contributed by atoms with van der Waals surface area (Å²) in [6.07, 6.45) is 0.789. The van der Waals surface area contributed by atoms with Gasteiger partial charge in [0.25, 0.3) is 0 Å². The van der Waals surface area contributed by atoms with Crippen LogP contribution in [0.3, 0.4) is 0 Å². The lowest BCUT2D eigenvalue weighted by atomic mass is 10.0. The Balaban J connectivity index is 2.91. The van der Waals surface area contributed by atoms with Crippen LogP contribution >= 0.6 is 0 Å². The van der Waals surface area contributed by atoms with Gasteiger partial charge in [-0.25, -0.2) is 4.39 Å². The van der Waals surface area contributed by atoms with Crippen molar-refractivity contribution in [1.29, 1.82) is 0 Å². The molecule has 1 unspecified atom stereocenters. The quantitative estimate of drug-likeness (QED) is 0.802. The van der Waals surface area contributed by atoms with Gasteiger partial charge in [-0.1, -0.05) is 13.0 Å². The summed E-state index contributed by atoms with van der Waals surface area (Å²) in [6, 6.07) is 4.53. The largest absolute Gasteiger partial charge is 0.496 e. The fourth-order valence-corrected chi connectivity index (χ4v) is 1.85. The maximum absolute atomic E-state index is 13.8. The average molecular weight is 241 g/mol. The van der Waals surface area contributed by atoms with Crippen molar-refractivity contribution in [3.63, 3.8) is 0 Å². The van der Waals surface area contributed by atoms with Crippen LogP contribution in [-0.4, -0.2) is 24.9 Å². The van der Waals surface area contributed by atoms with E-state index in [0.29, 0.717) is 11.3 Å². The number of ether oxygens (including phenoxy) is 1. The summed E-state index contributed by atoms with van der Waals surface area (Å²) in [5.74, 6) is 0.231. The van der Waals surface area contributed by atoms with E-state index in [4.69, 9.17) is 9.84 Å². The Bertz CT molecular complexity index is 353. The molecule has 0 radical (unpaired) electrons. The summed E-state index contributed by atoms with van der Waals surface area (Å²) in [5.41, 5.74) is 0.502. The number of aliphatic hydroxyl groups is 1. The number of nitrogens with one attached hydrogen (secondary N) is 1. The van der Waals surface area contributed by atoms with E-state index in [1.165, 1.54) is 13.2 Å². The zero-order valence-electron chi connectivity index (χ0n) is 10.5. The second kappa shape index (κ2) is 6.57. The molecule has 3 nitrogen and oxygen atoms in total. The molecule has 0 aromatic heterocycles. The highest BCUT2D eigenvalue weighted by molar-refractivity contribution is 5.36. The van der Waals surface area contributed by atoms with Crippen molar-refractivity contribution >= 4 is 0 Å². The number of benzene rings is 1. The summed E-state index contributed by atoms with van der Waals surface area (Å²) in [5, 5.41) is 12.3. The second-order valence-electron chi connectivity index (χ2n) is 4.03. The van der Waals surface area contributed by atoms with Gasteiger partial charge in [-0.05, 0) is 25.5 Å². The number of hydrogen-bond acceptors (Lipinski definition) is 3. The number of methoxy groups -OCH3 is 1. The van der Waals surface area contributed by atoms with Crippen molar-refractivity contribution < 1.29 is 14.2 Å². The van der Waals surface area contributed by atoms with Gasteiger partial charge < -0.3 is 15.2 Å². The minimum Gasteiger partial charge on any atom is -0.496 e. The Hall–Kier alpha value is -1.13. The first-order valence-corrected chi connectivity index (χ1v) is 5.83. The van der Waals surface area contributed by atoms with Gasteiger partial charge in [0.15, 0.2) is 0 Å². The monoisotopic (exact) mass is 241 g/mol. The number of aliphatic hydroxyl groups excluding tert-OH is 1. The van der Waals surface area contributed by atoms with Crippen LogP contribution in [0, 0.1) is 5.82 Å². The van der Waals surface area contributed by atoms with Crippen molar-refractivity contribution in [2.75, 3.05) is 13.7 Å². The Morgan fingerprint density at radius 3 is 2.71 bits per heavy atom. The summed E-state index contributed by atoms with van der Waals surface area (Å²) in [4.78, 5) is 0. The Morgan fingerprint density at radius 2 is 2.18 bits per heavy atom. The van der Waals surface area contributed by atoms with Crippen molar-refractivity contribution in [3.05, 3.63) is 29.6 Å². The fraction of sp³-hybridized carbons (Fsp3) is 0.538. The molecule has 1 rings (SSSR count). The molecule has 0 bridgehead atoms. The molecule has 0 fully saturated rings. The average Bonchev–Trinajstić information content (AvgIpc) is 2.35. The third-order valence-electron chi connectivity index (χ3n) is 2.86. The van der Waals surface area contributed by atoms with E-state index in [-0.39, 0.29) is 24.5 Å². The summed E-state index contributed by atoms with van der Waals surface area (Å²) in [6.45, 7) is 3.87. The lowest BCUT2D eigenvalue weighted by Gasteiger charge is -2.22. The van der Waals surface area contributed by atoms with Crippen LogP contribution in [-0.2, 0) is 0 Å². The molecule has 0 aliphatic carbocycles. The molecular weight excluding hydrogens is 221 g/mol. The first kappa shape index (κ1) is 13.9. The highest BCUT2D eigenvalue weighted by Crippen LogP contribution is 2.27. The zero-order chi connectivity index (χ0) is 12.8. The van der Waals surface area contributed by atoms with Gasteiger partial charge in [-0.2, -0.15) is 0 Å². The van der Waals surface area contributed by atoms with Gasteiger partial charge in [0, 0.05) is 17.6 Å². The predicted octanol–water partition coefficient (Wildman–Crippen LogP) is 2.26. The lowest BCUT2D eigenvalue weighted by Crippen LogP contribution is -2.34. The molecule has 0 heterocycles. The van der Waals surface area contributed by atoms with Gasteiger partial charge in [-0.3, -0.25) is 0 Å². The summed E-state index contributed by atoms with van der Waals surface area (Å²) >= 11 is 0. The van der Waals surface area contributed by atoms with Crippen molar-refractivity contribution in [2.45, 2.75) is 32.4 Å². The van der Waals surface area contributed by atoms with Gasteiger partial charge >= 0.3 is 0 Å². The Morgan fingerprint density at radius 1 is 1.47 bits per heavy atom. The van der Waals surface area contributed by atoms with Gasteiger partial charge in [0.05, 0.1) is 13.7 Å². The minimum absolute atomic E-state index is 0.0330. The maximum Gasteiger partial charge on any atom is 0.131 e. The summed E-state index contributed by atoms with van der Waals surface area (Å²) < 4.78 is 18.9. The summed E-state index contributed by atoms with van der Waals surface area (Å²) in [7, 11) is 1.52. The van der Waals surface area contributed by atoms with Crippen LogP contribution in [0.15, 0.2) is 18.2 Å². The third-order valence-corrected chi connectivity index (χ3v) is 2.86. The van der Waals surface area contributed by atoms with Crippen LogP contribution in [0.1, 0.15) is 31.9 Å². The van der Waals surface area contributed by atoms with E-state index >= 15 is 0 Å². The van der Waals surface area contributed by atoms with Gasteiger partial charge in [0.2, 0.25) is 0 Å². The smallest absolute Gasteiger partial charge is 0.131 e. The minimum atomic E-state index is -0.294. The highest BCUT2D eigenvalue weighted by Gasteiger charge is 2.18. The SMILES string of the molecule is CC[C@@H](CO)NC(C)c1c(F)cccc1OC. The molecule has 2 N–H and O–H groups in total. The van der Waals surface area contributed by atoms with E-state index in [0.717, 1.165) is 6.42 Å². The second-order valence-corrected chi connectivity index (χ2v) is 4.03. The molecule has 0 saturated heterocycles. The van der Waals surface area contributed by atoms with Gasteiger partial charge in [-0.15, -0.1) is 0 Å². The zero-order valence-corrected chi connectivity index (χ0v) is 10.5. The molecule has 0 saturated carbocycles. The molecule has 17 heavy (non-hydrogen) atoms. The van der Waals surface area contributed by atoms with Crippen LogP contribution in [0.2, 0.25) is 0 Å². The molecule has 2 atom stereocenters. The first-order valence-electron chi connectivity index (χ1n) is 5.83. The molecule has 1 aromatic rings. The highest BCUT2D eigenvalue weighted by atomic mass is 19.1. The molecule has 0 aliphatic rings. The molecule has 0 aliphatic heterocycles. The van der Waals surface area contributed by atoms with E-state index < -0.39 is 0 Å². The number of hydrogen-bond donors (Lipinski definition) is 2. The molecule has 4 heteroatoms. The molecule has 0 spiro atoms. The van der Waals surface area contributed by atoms with E-state index in [9.17, 15) is 4.39 Å². The van der Waals surface area contributed by atoms with E-state index in [1.807, 2.05) is 13.8 Å². The van der Waals surface area contributed by atoms with Crippen LogP contribution in [0.4, 0.5) is 4.39 Å². The normalized spacial score (nSPS) is 14.4. The Kier molecular flexibility index (Phi) is 5.38. The molecule has 1 aromatic carbocycles. The van der Waals surface area contributed by atoms with Crippen molar-refractivity contribution in [2.24, 2.45) is 0 Å². The first-order chi connectivity index (χ1) is 8.13. The lowest BCUT2D eigenvalue weighted by molar-refractivity contribution is 0.228. The third kappa shape index (κ3) is 3.41. The Labute approximate surface area is 102 Å². The fourth-order valence-electron chi connectivity index (χ4n) is 1.85. The van der Waals surface area contributed by atoms with Crippen LogP contribution < -0.4 is 10.1 Å². The topological polar surface area (TPSA) is 41.5 Å². The molecular formula is C13H20FNO2. The van der Waals surface area contributed by atoms with Crippen LogP contribution in [0.25, 0.3) is 0 Å². The predicted molar refractivity (Wildman–Crippen MR) is 65.7 cm³/mol. The standard InChI is InChI=1S/C13H20FNO2/c1-4-10(8-16)15-9(2)13-11(14)6-5-7-12(13)17-3/h5-7,9-10,15-16H,4,8H2,1-3H3/t9?,10-/m0/s1. The van der Waals surface area contributed by atoms with Gasteiger partial charge in [0.1, 0.15) is 11.6 Å². The molecule has 0 amide bonds. The van der Waals surface area contributed by atoms with Crippen LogP contribution in [0.5, 0.6) is 5.75 Å². The van der Waals surface area contributed by atoms with E-state index in [1.54, 1.807) is 12.1 Å².